The molecule has 0 aliphatic rings. The predicted octanol–water partition coefficient (Wildman–Crippen LogP) is 3.79. The summed E-state index contributed by atoms with van der Waals surface area (Å²) >= 11 is 0. The summed E-state index contributed by atoms with van der Waals surface area (Å²) in [5.41, 5.74) is 6.26. The SMILES string of the molecule is CC(C)(C)[Si](C)(C)Oc1cc(F)ccc1N. The van der Waals surface area contributed by atoms with Crippen molar-refractivity contribution in [3.05, 3.63) is 24.0 Å². The fourth-order valence-corrected chi connectivity index (χ4v) is 2.06. The Morgan fingerprint density at radius 1 is 1.25 bits per heavy atom. The molecule has 0 saturated carbocycles. The van der Waals surface area contributed by atoms with Crippen molar-refractivity contribution in [2.75, 3.05) is 5.73 Å². The van der Waals surface area contributed by atoms with E-state index >= 15 is 0 Å². The molecule has 2 N–H and O–H groups in total. The number of hydrogen-bond acceptors (Lipinski definition) is 2. The average Bonchev–Trinajstić information content (AvgIpc) is 2.09. The van der Waals surface area contributed by atoms with Crippen LogP contribution in [0.1, 0.15) is 20.8 Å². The highest BCUT2D eigenvalue weighted by Crippen LogP contribution is 2.38. The summed E-state index contributed by atoms with van der Waals surface area (Å²) in [7, 11) is -1.95. The molecule has 1 rings (SSSR count). The lowest BCUT2D eigenvalue weighted by atomic mass is 10.2. The van der Waals surface area contributed by atoms with Crippen LogP contribution in [0.2, 0.25) is 18.1 Å². The predicted molar refractivity (Wildman–Crippen MR) is 68.6 cm³/mol. The van der Waals surface area contributed by atoms with Crippen molar-refractivity contribution in [2.45, 2.75) is 38.9 Å². The molecule has 0 heterocycles. The van der Waals surface area contributed by atoms with Gasteiger partial charge in [0.15, 0.2) is 0 Å². The smallest absolute Gasteiger partial charge is 0.250 e. The first kappa shape index (κ1) is 13.0. The summed E-state index contributed by atoms with van der Waals surface area (Å²) in [5.74, 6) is 0.148. The standard InChI is InChI=1S/C12H20FNOSi/c1-12(2,3)16(4,5)15-11-8-9(13)6-7-10(11)14/h6-8H,14H2,1-5H3. The maximum absolute atomic E-state index is 13.1. The molecule has 0 saturated heterocycles. The van der Waals surface area contributed by atoms with E-state index in [-0.39, 0.29) is 10.9 Å². The van der Waals surface area contributed by atoms with E-state index in [1.165, 1.54) is 18.2 Å². The van der Waals surface area contributed by atoms with Gasteiger partial charge in [-0.05, 0) is 30.3 Å². The highest BCUT2D eigenvalue weighted by Gasteiger charge is 2.39. The molecule has 0 amide bonds. The topological polar surface area (TPSA) is 35.2 Å². The van der Waals surface area contributed by atoms with E-state index in [4.69, 9.17) is 10.2 Å². The number of nitrogens with two attached hydrogens (primary N) is 1. The molecule has 1 aromatic carbocycles. The normalized spacial score (nSPS) is 12.6. The molecule has 0 aliphatic heterocycles. The molecule has 1 aromatic rings. The van der Waals surface area contributed by atoms with Crippen molar-refractivity contribution in [1.82, 2.24) is 0 Å². The molecule has 0 unspecified atom stereocenters. The molecule has 0 bridgehead atoms. The summed E-state index contributed by atoms with van der Waals surface area (Å²) in [6, 6.07) is 4.24. The lowest BCUT2D eigenvalue weighted by Gasteiger charge is -2.36. The lowest BCUT2D eigenvalue weighted by Crippen LogP contribution is -2.44. The first-order valence-corrected chi connectivity index (χ1v) is 8.28. The maximum Gasteiger partial charge on any atom is 0.250 e. The molecule has 0 spiro atoms. The van der Waals surface area contributed by atoms with Crippen molar-refractivity contribution in [3.8, 4) is 5.75 Å². The molecule has 0 aromatic heterocycles. The first-order chi connectivity index (χ1) is 7.13. The zero-order chi connectivity index (χ0) is 12.6. The third kappa shape index (κ3) is 2.75. The minimum atomic E-state index is -1.95. The van der Waals surface area contributed by atoms with Gasteiger partial charge in [-0.1, -0.05) is 20.8 Å². The Labute approximate surface area is 97.7 Å². The van der Waals surface area contributed by atoms with Gasteiger partial charge in [-0.15, -0.1) is 0 Å². The Hall–Kier alpha value is -1.03. The Morgan fingerprint density at radius 3 is 2.31 bits per heavy atom. The maximum atomic E-state index is 13.1. The van der Waals surface area contributed by atoms with Gasteiger partial charge >= 0.3 is 0 Å². The fourth-order valence-electron chi connectivity index (χ4n) is 1.02. The van der Waals surface area contributed by atoms with Gasteiger partial charge in [0, 0.05) is 6.07 Å². The van der Waals surface area contributed by atoms with Crippen LogP contribution in [0.4, 0.5) is 10.1 Å². The van der Waals surface area contributed by atoms with Gasteiger partial charge in [0.1, 0.15) is 11.6 Å². The quantitative estimate of drug-likeness (QED) is 0.631. The molecule has 2 nitrogen and oxygen atoms in total. The van der Waals surface area contributed by atoms with E-state index < -0.39 is 8.32 Å². The summed E-state index contributed by atoms with van der Waals surface area (Å²) in [5, 5.41) is 0.0752. The number of halogens is 1. The zero-order valence-electron chi connectivity index (χ0n) is 10.6. The van der Waals surface area contributed by atoms with E-state index in [1.807, 2.05) is 0 Å². The Balaban J connectivity index is 3.01. The largest absolute Gasteiger partial charge is 0.542 e. The van der Waals surface area contributed by atoms with Crippen LogP contribution in [0, 0.1) is 5.82 Å². The van der Waals surface area contributed by atoms with Crippen LogP contribution < -0.4 is 10.2 Å². The van der Waals surface area contributed by atoms with Gasteiger partial charge in [-0.3, -0.25) is 0 Å². The van der Waals surface area contributed by atoms with Crippen LogP contribution in [0.25, 0.3) is 0 Å². The Morgan fingerprint density at radius 2 is 1.81 bits per heavy atom. The minimum Gasteiger partial charge on any atom is -0.542 e. The van der Waals surface area contributed by atoms with Crippen molar-refractivity contribution in [3.63, 3.8) is 0 Å². The molecule has 0 aliphatic carbocycles. The van der Waals surface area contributed by atoms with Gasteiger partial charge in [0.2, 0.25) is 0 Å². The summed E-state index contributed by atoms with van der Waals surface area (Å²) < 4.78 is 19.1. The van der Waals surface area contributed by atoms with E-state index in [0.29, 0.717) is 11.4 Å². The minimum absolute atomic E-state index is 0.0752. The number of rotatable bonds is 2. The summed E-state index contributed by atoms with van der Waals surface area (Å²) in [6.07, 6.45) is 0. The summed E-state index contributed by atoms with van der Waals surface area (Å²) in [6.45, 7) is 10.6. The van der Waals surface area contributed by atoms with Crippen molar-refractivity contribution >= 4 is 14.0 Å². The second-order valence-electron chi connectivity index (χ2n) is 5.54. The van der Waals surface area contributed by atoms with Gasteiger partial charge < -0.3 is 10.2 Å². The second-order valence-corrected chi connectivity index (χ2v) is 10.3. The molecule has 0 radical (unpaired) electrons. The van der Waals surface area contributed by atoms with E-state index in [1.54, 1.807) is 0 Å². The molecule has 0 atom stereocenters. The number of benzene rings is 1. The Bertz CT molecular complexity index is 385. The first-order valence-electron chi connectivity index (χ1n) is 5.37. The van der Waals surface area contributed by atoms with Gasteiger partial charge in [0.05, 0.1) is 5.69 Å². The third-order valence-electron chi connectivity index (χ3n) is 3.15. The number of anilines is 1. The van der Waals surface area contributed by atoms with E-state index in [9.17, 15) is 4.39 Å². The molecule has 90 valence electrons. The molecule has 4 heteroatoms. The van der Waals surface area contributed by atoms with Crippen molar-refractivity contribution in [1.29, 1.82) is 0 Å². The molecule has 16 heavy (non-hydrogen) atoms. The van der Waals surface area contributed by atoms with Crippen LogP contribution in [0.3, 0.4) is 0 Å². The van der Waals surface area contributed by atoms with E-state index in [0.717, 1.165) is 0 Å². The number of hydrogen-bond donors (Lipinski definition) is 1. The van der Waals surface area contributed by atoms with Crippen LogP contribution in [0.5, 0.6) is 5.75 Å². The zero-order valence-corrected chi connectivity index (χ0v) is 11.6. The van der Waals surface area contributed by atoms with Crippen LogP contribution in [-0.2, 0) is 0 Å². The highest BCUT2D eigenvalue weighted by molar-refractivity contribution is 6.74. The fraction of sp³-hybridized carbons (Fsp3) is 0.500. The summed E-state index contributed by atoms with van der Waals surface area (Å²) in [4.78, 5) is 0. The Kier molecular flexibility index (Phi) is 3.33. The van der Waals surface area contributed by atoms with Crippen molar-refractivity contribution in [2.24, 2.45) is 0 Å². The monoisotopic (exact) mass is 241 g/mol. The molecular weight excluding hydrogens is 221 g/mol. The lowest BCUT2D eigenvalue weighted by molar-refractivity contribution is 0.489. The van der Waals surface area contributed by atoms with E-state index in [2.05, 4.69) is 33.9 Å². The van der Waals surface area contributed by atoms with Crippen LogP contribution >= 0.6 is 0 Å². The van der Waals surface area contributed by atoms with Gasteiger partial charge in [-0.25, -0.2) is 4.39 Å². The van der Waals surface area contributed by atoms with Gasteiger partial charge in [-0.2, -0.15) is 0 Å². The highest BCUT2D eigenvalue weighted by atomic mass is 28.4. The second kappa shape index (κ2) is 4.09. The third-order valence-corrected chi connectivity index (χ3v) is 7.49. The van der Waals surface area contributed by atoms with Crippen LogP contribution in [0.15, 0.2) is 18.2 Å². The van der Waals surface area contributed by atoms with Crippen LogP contribution in [-0.4, -0.2) is 8.32 Å². The van der Waals surface area contributed by atoms with Gasteiger partial charge in [0.25, 0.3) is 8.32 Å². The molecule has 0 fully saturated rings. The number of nitrogen functional groups attached to an aromatic ring is 1. The average molecular weight is 241 g/mol. The van der Waals surface area contributed by atoms with Crippen molar-refractivity contribution < 1.29 is 8.82 Å². The molecular formula is C12H20FNOSi.